The molecule has 88 valence electrons. The molecular formula is C13H14N2O2. The Hall–Kier alpha value is -2.23. The predicted octanol–water partition coefficient (Wildman–Crippen LogP) is 1.96. The Labute approximate surface area is 99.3 Å². The predicted molar refractivity (Wildman–Crippen MR) is 64.8 cm³/mol. The third-order valence-electron chi connectivity index (χ3n) is 2.57. The number of amides is 1. The van der Waals surface area contributed by atoms with Gasteiger partial charge in [0.1, 0.15) is 5.75 Å². The molecule has 1 amide bonds. The minimum Gasteiger partial charge on any atom is -0.508 e. The number of carbonyl (C=O) groups is 1. The molecule has 2 aromatic rings. The highest BCUT2D eigenvalue weighted by Crippen LogP contribution is 2.15. The van der Waals surface area contributed by atoms with Crippen molar-refractivity contribution in [3.8, 4) is 5.75 Å². The zero-order chi connectivity index (χ0) is 12.3. The third kappa shape index (κ3) is 2.66. The van der Waals surface area contributed by atoms with Gasteiger partial charge in [0.15, 0.2) is 0 Å². The van der Waals surface area contributed by atoms with Crippen LogP contribution in [0.5, 0.6) is 5.75 Å². The first-order chi connectivity index (χ1) is 8.16. The second-order valence-electron chi connectivity index (χ2n) is 3.90. The van der Waals surface area contributed by atoms with E-state index in [1.54, 1.807) is 19.1 Å². The van der Waals surface area contributed by atoms with Crippen LogP contribution >= 0.6 is 0 Å². The van der Waals surface area contributed by atoms with E-state index in [4.69, 9.17) is 0 Å². The molecule has 17 heavy (non-hydrogen) atoms. The zero-order valence-corrected chi connectivity index (χ0v) is 9.53. The van der Waals surface area contributed by atoms with Crippen molar-refractivity contribution in [3.63, 3.8) is 0 Å². The molecule has 1 aromatic heterocycles. The van der Waals surface area contributed by atoms with Gasteiger partial charge in [0.25, 0.3) is 5.91 Å². The van der Waals surface area contributed by atoms with Crippen LogP contribution in [0.25, 0.3) is 0 Å². The van der Waals surface area contributed by atoms with E-state index in [0.717, 1.165) is 11.1 Å². The van der Waals surface area contributed by atoms with Crippen molar-refractivity contribution in [2.75, 3.05) is 0 Å². The first kappa shape index (κ1) is 11.3. The van der Waals surface area contributed by atoms with Gasteiger partial charge in [0.2, 0.25) is 0 Å². The molecule has 0 saturated carbocycles. The van der Waals surface area contributed by atoms with Crippen LogP contribution in [0.4, 0.5) is 0 Å². The van der Waals surface area contributed by atoms with Crippen LogP contribution in [0.2, 0.25) is 0 Å². The fraction of sp³-hybridized carbons (Fsp3) is 0.154. The highest BCUT2D eigenvalue weighted by molar-refractivity contribution is 5.95. The normalized spacial score (nSPS) is 10.2. The number of aromatic nitrogens is 1. The van der Waals surface area contributed by atoms with E-state index in [9.17, 15) is 9.90 Å². The molecule has 0 unspecified atom stereocenters. The lowest BCUT2D eigenvalue weighted by Gasteiger charge is -2.07. The summed E-state index contributed by atoms with van der Waals surface area (Å²) in [5.74, 6) is 0.0355. The molecule has 0 fully saturated rings. The zero-order valence-electron chi connectivity index (χ0n) is 9.53. The maximum atomic E-state index is 11.9. The van der Waals surface area contributed by atoms with Crippen LogP contribution in [0.3, 0.4) is 0 Å². The summed E-state index contributed by atoms with van der Waals surface area (Å²) >= 11 is 0. The second kappa shape index (κ2) is 4.74. The van der Waals surface area contributed by atoms with E-state index >= 15 is 0 Å². The van der Waals surface area contributed by atoms with Crippen LogP contribution in [0.1, 0.15) is 21.5 Å². The van der Waals surface area contributed by atoms with E-state index < -0.39 is 0 Å². The lowest BCUT2D eigenvalue weighted by molar-refractivity contribution is 0.0950. The Morgan fingerprint density at radius 3 is 2.88 bits per heavy atom. The summed E-state index contributed by atoms with van der Waals surface area (Å²) in [6.07, 6.45) is 3.65. The van der Waals surface area contributed by atoms with Crippen molar-refractivity contribution in [2.24, 2.45) is 0 Å². The molecule has 0 aliphatic rings. The third-order valence-corrected chi connectivity index (χ3v) is 2.57. The van der Waals surface area contributed by atoms with Crippen molar-refractivity contribution in [2.45, 2.75) is 13.5 Å². The number of phenols is 1. The molecule has 1 aromatic carbocycles. The number of nitrogens with one attached hydrogen (secondary N) is 2. The molecule has 0 atom stereocenters. The van der Waals surface area contributed by atoms with Gasteiger partial charge in [-0.3, -0.25) is 4.79 Å². The molecule has 4 heteroatoms. The molecule has 4 nitrogen and oxygen atoms in total. The van der Waals surface area contributed by atoms with Gasteiger partial charge >= 0.3 is 0 Å². The molecule has 0 spiro atoms. The first-order valence-corrected chi connectivity index (χ1v) is 5.36. The SMILES string of the molecule is Cc1cc(O)ccc1C(=O)NCc1cc[nH]c1. The monoisotopic (exact) mass is 230 g/mol. The molecule has 0 bridgehead atoms. The Balaban J connectivity index is 2.04. The summed E-state index contributed by atoms with van der Waals surface area (Å²) in [5.41, 5.74) is 2.37. The first-order valence-electron chi connectivity index (χ1n) is 5.36. The number of hydrogen-bond donors (Lipinski definition) is 3. The fourth-order valence-electron chi connectivity index (χ4n) is 1.65. The fourth-order valence-corrected chi connectivity index (χ4v) is 1.65. The molecular weight excluding hydrogens is 216 g/mol. The maximum Gasteiger partial charge on any atom is 0.251 e. The largest absolute Gasteiger partial charge is 0.508 e. The Kier molecular flexibility index (Phi) is 3.14. The van der Waals surface area contributed by atoms with Gasteiger partial charge in [0.05, 0.1) is 0 Å². The second-order valence-corrected chi connectivity index (χ2v) is 3.90. The number of H-pyrrole nitrogens is 1. The standard InChI is InChI=1S/C13H14N2O2/c1-9-6-11(16)2-3-12(9)13(17)15-8-10-4-5-14-7-10/h2-7,14,16H,8H2,1H3,(H,15,17). The lowest BCUT2D eigenvalue weighted by atomic mass is 10.1. The summed E-state index contributed by atoms with van der Waals surface area (Å²) < 4.78 is 0. The number of rotatable bonds is 3. The quantitative estimate of drug-likeness (QED) is 0.754. The highest BCUT2D eigenvalue weighted by Gasteiger charge is 2.08. The van der Waals surface area contributed by atoms with Crippen LogP contribution in [0, 0.1) is 6.92 Å². The van der Waals surface area contributed by atoms with Gasteiger partial charge in [0, 0.05) is 24.5 Å². The molecule has 0 aliphatic carbocycles. The van der Waals surface area contributed by atoms with Crippen molar-refractivity contribution in [1.29, 1.82) is 0 Å². The lowest BCUT2D eigenvalue weighted by Crippen LogP contribution is -2.23. The summed E-state index contributed by atoms with van der Waals surface area (Å²) in [4.78, 5) is 14.8. The minimum atomic E-state index is -0.135. The van der Waals surface area contributed by atoms with Crippen molar-refractivity contribution in [3.05, 3.63) is 53.3 Å². The summed E-state index contributed by atoms with van der Waals surface area (Å²) in [6.45, 7) is 2.29. The summed E-state index contributed by atoms with van der Waals surface area (Å²) in [6, 6.07) is 6.62. The van der Waals surface area contributed by atoms with Gasteiger partial charge in [-0.1, -0.05) is 0 Å². The molecule has 0 radical (unpaired) electrons. The van der Waals surface area contributed by atoms with Crippen LogP contribution in [-0.4, -0.2) is 16.0 Å². The van der Waals surface area contributed by atoms with E-state index in [2.05, 4.69) is 10.3 Å². The van der Waals surface area contributed by atoms with E-state index in [0.29, 0.717) is 12.1 Å². The van der Waals surface area contributed by atoms with E-state index in [1.165, 1.54) is 6.07 Å². The highest BCUT2D eigenvalue weighted by atomic mass is 16.3. The van der Waals surface area contributed by atoms with E-state index in [1.807, 2.05) is 18.5 Å². The number of aromatic hydroxyl groups is 1. The average molecular weight is 230 g/mol. The van der Waals surface area contributed by atoms with Crippen LogP contribution in [0.15, 0.2) is 36.7 Å². The number of aryl methyl sites for hydroxylation is 1. The van der Waals surface area contributed by atoms with Gasteiger partial charge < -0.3 is 15.4 Å². The number of carbonyl (C=O) groups excluding carboxylic acids is 1. The van der Waals surface area contributed by atoms with Gasteiger partial charge in [-0.05, 0) is 42.3 Å². The Morgan fingerprint density at radius 2 is 2.24 bits per heavy atom. The summed E-state index contributed by atoms with van der Waals surface area (Å²) in [7, 11) is 0. The van der Waals surface area contributed by atoms with Gasteiger partial charge in [-0.25, -0.2) is 0 Å². The van der Waals surface area contributed by atoms with Crippen molar-refractivity contribution >= 4 is 5.91 Å². The Morgan fingerprint density at radius 1 is 1.41 bits per heavy atom. The van der Waals surface area contributed by atoms with Crippen molar-refractivity contribution < 1.29 is 9.90 Å². The minimum absolute atomic E-state index is 0.135. The van der Waals surface area contributed by atoms with E-state index in [-0.39, 0.29) is 11.7 Å². The average Bonchev–Trinajstić information content (AvgIpc) is 2.78. The maximum absolute atomic E-state index is 11.9. The van der Waals surface area contributed by atoms with Crippen LogP contribution < -0.4 is 5.32 Å². The molecule has 0 aliphatic heterocycles. The topological polar surface area (TPSA) is 65.1 Å². The molecule has 1 heterocycles. The number of hydrogen-bond acceptors (Lipinski definition) is 2. The molecule has 0 saturated heterocycles. The summed E-state index contributed by atoms with van der Waals surface area (Å²) in [5, 5.41) is 12.1. The van der Waals surface area contributed by atoms with Crippen LogP contribution in [-0.2, 0) is 6.54 Å². The van der Waals surface area contributed by atoms with Gasteiger partial charge in [-0.15, -0.1) is 0 Å². The molecule has 2 rings (SSSR count). The smallest absolute Gasteiger partial charge is 0.251 e. The van der Waals surface area contributed by atoms with Gasteiger partial charge in [-0.2, -0.15) is 0 Å². The number of phenolic OH excluding ortho intramolecular Hbond substituents is 1. The molecule has 3 N–H and O–H groups in total. The van der Waals surface area contributed by atoms with Crippen molar-refractivity contribution in [1.82, 2.24) is 10.3 Å². The Bertz CT molecular complexity index is 518. The number of benzene rings is 1. The number of aromatic amines is 1.